The maximum absolute atomic E-state index is 11.7. The van der Waals surface area contributed by atoms with Crippen LogP contribution in [0, 0.1) is 0 Å². The number of carbonyl (C=O) groups is 1. The summed E-state index contributed by atoms with van der Waals surface area (Å²) in [6, 6.07) is 9.29. The lowest BCUT2D eigenvalue weighted by atomic mass is 10.0. The number of aromatic nitrogens is 3. The third-order valence-corrected chi connectivity index (χ3v) is 3.33. The largest absolute Gasteiger partial charge is 0.461 e. The van der Waals surface area contributed by atoms with Gasteiger partial charge in [-0.05, 0) is 30.7 Å². The van der Waals surface area contributed by atoms with Crippen LogP contribution < -0.4 is 5.73 Å². The molecule has 0 aliphatic heterocycles. The molecule has 4 N–H and O–H groups in total. The third-order valence-electron chi connectivity index (χ3n) is 3.33. The second-order valence-corrected chi connectivity index (χ2v) is 4.80. The molecule has 6 nitrogen and oxygen atoms in total. The molecule has 0 spiro atoms. The molecule has 3 aromatic rings. The van der Waals surface area contributed by atoms with E-state index in [1.165, 1.54) is 0 Å². The standard InChI is InChI=1S/C16H16N4O2/c1-2-22-16(21)14-7-11(8-18-14)15-13(9-19-20-15)10-3-5-12(17)6-4-10/h3-9,18H,2,17H2,1H3,(H,19,20). The highest BCUT2D eigenvalue weighted by molar-refractivity contribution is 5.90. The van der Waals surface area contributed by atoms with Gasteiger partial charge in [-0.15, -0.1) is 0 Å². The molecule has 0 saturated carbocycles. The SMILES string of the molecule is CCOC(=O)c1cc(-c2[nH]ncc2-c2ccc(N)cc2)c[nH]1. The lowest BCUT2D eigenvalue weighted by Gasteiger charge is -2.02. The highest BCUT2D eigenvalue weighted by Crippen LogP contribution is 2.30. The lowest BCUT2D eigenvalue weighted by molar-refractivity contribution is 0.0520. The molecule has 22 heavy (non-hydrogen) atoms. The van der Waals surface area contributed by atoms with Crippen LogP contribution in [0.1, 0.15) is 17.4 Å². The summed E-state index contributed by atoms with van der Waals surface area (Å²) in [7, 11) is 0. The number of benzene rings is 1. The van der Waals surface area contributed by atoms with Gasteiger partial charge in [0.2, 0.25) is 0 Å². The fourth-order valence-corrected chi connectivity index (χ4v) is 2.25. The number of aromatic amines is 2. The Balaban J connectivity index is 1.95. The van der Waals surface area contributed by atoms with Gasteiger partial charge < -0.3 is 15.5 Å². The van der Waals surface area contributed by atoms with Crippen LogP contribution in [-0.4, -0.2) is 27.8 Å². The van der Waals surface area contributed by atoms with E-state index in [2.05, 4.69) is 15.2 Å². The van der Waals surface area contributed by atoms with E-state index in [1.807, 2.05) is 24.3 Å². The molecule has 2 heterocycles. The number of nitrogens with zero attached hydrogens (tertiary/aromatic N) is 1. The van der Waals surface area contributed by atoms with Gasteiger partial charge in [-0.1, -0.05) is 12.1 Å². The zero-order valence-corrected chi connectivity index (χ0v) is 12.1. The van der Waals surface area contributed by atoms with Crippen LogP contribution in [0.5, 0.6) is 0 Å². The molecule has 0 atom stereocenters. The van der Waals surface area contributed by atoms with Crippen molar-refractivity contribution in [3.63, 3.8) is 0 Å². The minimum absolute atomic E-state index is 0.341. The van der Waals surface area contributed by atoms with Crippen molar-refractivity contribution >= 4 is 11.7 Å². The van der Waals surface area contributed by atoms with Crippen molar-refractivity contribution in [1.82, 2.24) is 15.2 Å². The highest BCUT2D eigenvalue weighted by atomic mass is 16.5. The van der Waals surface area contributed by atoms with Crippen molar-refractivity contribution in [1.29, 1.82) is 0 Å². The Labute approximate surface area is 127 Å². The van der Waals surface area contributed by atoms with Gasteiger partial charge in [0.25, 0.3) is 0 Å². The van der Waals surface area contributed by atoms with Crippen LogP contribution in [0.15, 0.2) is 42.7 Å². The lowest BCUT2D eigenvalue weighted by Crippen LogP contribution is -2.04. The molecular weight excluding hydrogens is 280 g/mol. The maximum Gasteiger partial charge on any atom is 0.354 e. The third kappa shape index (κ3) is 2.58. The number of carbonyl (C=O) groups excluding carboxylic acids is 1. The number of hydrogen-bond acceptors (Lipinski definition) is 4. The van der Waals surface area contributed by atoms with Gasteiger partial charge in [0.1, 0.15) is 5.69 Å². The predicted octanol–water partition coefficient (Wildman–Crippen LogP) is 2.83. The summed E-state index contributed by atoms with van der Waals surface area (Å²) >= 11 is 0. The molecule has 0 fully saturated rings. The number of ether oxygens (including phenoxy) is 1. The number of rotatable bonds is 4. The van der Waals surface area contributed by atoms with Crippen LogP contribution in [0.25, 0.3) is 22.4 Å². The Kier molecular flexibility index (Phi) is 3.65. The van der Waals surface area contributed by atoms with E-state index in [9.17, 15) is 4.79 Å². The van der Waals surface area contributed by atoms with Crippen LogP contribution in [0.4, 0.5) is 5.69 Å². The molecule has 6 heteroatoms. The van der Waals surface area contributed by atoms with Crippen molar-refractivity contribution in [2.75, 3.05) is 12.3 Å². The first-order valence-corrected chi connectivity index (χ1v) is 6.94. The quantitative estimate of drug-likeness (QED) is 0.509. The topological polar surface area (TPSA) is 96.8 Å². The first-order valence-electron chi connectivity index (χ1n) is 6.94. The number of anilines is 1. The van der Waals surface area contributed by atoms with Crippen molar-refractivity contribution in [3.05, 3.63) is 48.4 Å². The van der Waals surface area contributed by atoms with Crippen molar-refractivity contribution in [2.24, 2.45) is 0 Å². The van der Waals surface area contributed by atoms with Crippen LogP contribution in [-0.2, 0) is 4.74 Å². The summed E-state index contributed by atoms with van der Waals surface area (Å²) in [5.74, 6) is -0.373. The Bertz CT molecular complexity index is 787. The minimum Gasteiger partial charge on any atom is -0.461 e. The number of nitrogens with one attached hydrogen (secondary N) is 2. The summed E-state index contributed by atoms with van der Waals surface area (Å²) in [5.41, 5.74) is 10.4. The van der Waals surface area contributed by atoms with E-state index in [-0.39, 0.29) is 5.97 Å². The highest BCUT2D eigenvalue weighted by Gasteiger charge is 2.14. The molecular formula is C16H16N4O2. The first kappa shape index (κ1) is 13.9. The van der Waals surface area contributed by atoms with E-state index in [1.54, 1.807) is 25.4 Å². The maximum atomic E-state index is 11.7. The number of nitrogen functional groups attached to an aromatic ring is 1. The van der Waals surface area contributed by atoms with Gasteiger partial charge in [0.15, 0.2) is 0 Å². The number of hydrogen-bond donors (Lipinski definition) is 3. The summed E-state index contributed by atoms with van der Waals surface area (Å²) < 4.78 is 4.98. The molecule has 2 aromatic heterocycles. The molecule has 0 bridgehead atoms. The van der Waals surface area contributed by atoms with E-state index in [4.69, 9.17) is 10.5 Å². The second kappa shape index (κ2) is 5.77. The molecule has 0 saturated heterocycles. The molecule has 0 aliphatic rings. The van der Waals surface area contributed by atoms with E-state index >= 15 is 0 Å². The van der Waals surface area contributed by atoms with E-state index in [0.29, 0.717) is 18.0 Å². The monoisotopic (exact) mass is 296 g/mol. The summed E-state index contributed by atoms with van der Waals surface area (Å²) in [4.78, 5) is 14.7. The van der Waals surface area contributed by atoms with Crippen molar-refractivity contribution in [2.45, 2.75) is 6.92 Å². The van der Waals surface area contributed by atoms with Crippen LogP contribution >= 0.6 is 0 Å². The number of H-pyrrole nitrogens is 2. The van der Waals surface area contributed by atoms with E-state index in [0.717, 1.165) is 22.4 Å². The fourth-order valence-electron chi connectivity index (χ4n) is 2.25. The molecule has 0 amide bonds. The smallest absolute Gasteiger partial charge is 0.354 e. The summed E-state index contributed by atoms with van der Waals surface area (Å²) in [5, 5.41) is 7.07. The molecule has 1 aromatic carbocycles. The van der Waals surface area contributed by atoms with Gasteiger partial charge in [-0.3, -0.25) is 5.10 Å². The van der Waals surface area contributed by atoms with Gasteiger partial charge in [0.05, 0.1) is 18.5 Å². The molecule has 112 valence electrons. The summed E-state index contributed by atoms with van der Waals surface area (Å²) in [6.07, 6.45) is 3.50. The average molecular weight is 296 g/mol. The Morgan fingerprint density at radius 3 is 2.77 bits per heavy atom. The second-order valence-electron chi connectivity index (χ2n) is 4.80. The van der Waals surface area contributed by atoms with Crippen molar-refractivity contribution in [3.8, 4) is 22.4 Å². The fraction of sp³-hybridized carbons (Fsp3) is 0.125. The number of esters is 1. The zero-order valence-electron chi connectivity index (χ0n) is 12.1. The molecule has 0 aliphatic carbocycles. The Morgan fingerprint density at radius 2 is 2.05 bits per heavy atom. The molecule has 0 radical (unpaired) electrons. The van der Waals surface area contributed by atoms with E-state index < -0.39 is 0 Å². The van der Waals surface area contributed by atoms with Crippen LogP contribution in [0.3, 0.4) is 0 Å². The normalized spacial score (nSPS) is 10.6. The average Bonchev–Trinajstić information content (AvgIpc) is 3.17. The Morgan fingerprint density at radius 1 is 1.27 bits per heavy atom. The van der Waals surface area contributed by atoms with Gasteiger partial charge >= 0.3 is 5.97 Å². The Hall–Kier alpha value is -3.02. The van der Waals surface area contributed by atoms with Gasteiger partial charge in [-0.25, -0.2) is 4.79 Å². The molecule has 3 rings (SSSR count). The zero-order chi connectivity index (χ0) is 15.5. The van der Waals surface area contributed by atoms with Crippen molar-refractivity contribution < 1.29 is 9.53 Å². The number of nitrogens with two attached hydrogens (primary N) is 1. The molecule has 0 unspecified atom stereocenters. The first-order chi connectivity index (χ1) is 10.7. The predicted molar refractivity (Wildman–Crippen MR) is 84.2 cm³/mol. The summed E-state index contributed by atoms with van der Waals surface area (Å²) in [6.45, 7) is 2.11. The van der Waals surface area contributed by atoms with Gasteiger partial charge in [0, 0.05) is 23.0 Å². The minimum atomic E-state index is -0.373. The van der Waals surface area contributed by atoms with Gasteiger partial charge in [-0.2, -0.15) is 5.10 Å². The van der Waals surface area contributed by atoms with Crippen LogP contribution in [0.2, 0.25) is 0 Å².